The van der Waals surface area contributed by atoms with Crippen LogP contribution >= 0.6 is 27.5 Å². The Hall–Kier alpha value is -1.33. The molecule has 1 aromatic heterocycles. The summed E-state index contributed by atoms with van der Waals surface area (Å²) < 4.78 is 6.43. The average Bonchev–Trinajstić information content (AvgIpc) is 2.20. The van der Waals surface area contributed by atoms with Crippen molar-refractivity contribution in [3.05, 3.63) is 40.0 Å². The molecule has 0 atom stereocenters. The summed E-state index contributed by atoms with van der Waals surface area (Å²) in [5.41, 5.74) is 5.44. The molecular formula is C10H7BrClN3O. The minimum absolute atomic E-state index is 0.0830. The monoisotopic (exact) mass is 299 g/mol. The summed E-state index contributed by atoms with van der Waals surface area (Å²) in [6.45, 7) is 0. The number of hydrogen-bond donors (Lipinski definition) is 1. The van der Waals surface area contributed by atoms with Crippen molar-refractivity contribution in [3.8, 4) is 11.6 Å². The Bertz CT molecular complexity index is 484. The predicted molar refractivity (Wildman–Crippen MR) is 65.7 cm³/mol. The van der Waals surface area contributed by atoms with Gasteiger partial charge in [-0.15, -0.1) is 0 Å². The highest BCUT2D eigenvalue weighted by Crippen LogP contribution is 2.23. The normalized spacial score (nSPS) is 10.1. The molecule has 0 aliphatic rings. The second-order valence-corrected chi connectivity index (χ2v) is 4.25. The molecule has 0 aliphatic heterocycles. The number of nitrogens with two attached hydrogens (primary N) is 1. The van der Waals surface area contributed by atoms with Gasteiger partial charge in [0.05, 0.1) is 0 Å². The van der Waals surface area contributed by atoms with Crippen LogP contribution in [0.5, 0.6) is 11.6 Å². The van der Waals surface area contributed by atoms with E-state index in [2.05, 4.69) is 25.9 Å². The van der Waals surface area contributed by atoms with Gasteiger partial charge in [-0.2, -0.15) is 4.98 Å². The molecule has 2 rings (SSSR count). The molecular weight excluding hydrogens is 293 g/mol. The summed E-state index contributed by atoms with van der Waals surface area (Å²) >= 11 is 9.05. The summed E-state index contributed by atoms with van der Waals surface area (Å²) in [6.07, 6.45) is 0. The molecule has 0 bridgehead atoms. The summed E-state index contributed by atoms with van der Waals surface area (Å²) in [4.78, 5) is 7.63. The lowest BCUT2D eigenvalue weighted by Gasteiger charge is -2.05. The Kier molecular flexibility index (Phi) is 3.26. The van der Waals surface area contributed by atoms with Crippen LogP contribution < -0.4 is 10.5 Å². The highest BCUT2D eigenvalue weighted by molar-refractivity contribution is 9.10. The third-order valence-corrected chi connectivity index (χ3v) is 2.45. The number of hydrogen-bond acceptors (Lipinski definition) is 4. The van der Waals surface area contributed by atoms with E-state index >= 15 is 0 Å². The van der Waals surface area contributed by atoms with Gasteiger partial charge in [-0.1, -0.05) is 27.5 Å². The zero-order chi connectivity index (χ0) is 11.5. The molecule has 0 radical (unpaired) electrons. The van der Waals surface area contributed by atoms with E-state index in [-0.39, 0.29) is 11.1 Å². The molecule has 0 spiro atoms. The molecule has 2 aromatic rings. The van der Waals surface area contributed by atoms with Gasteiger partial charge in [0.2, 0.25) is 11.8 Å². The van der Waals surface area contributed by atoms with Crippen LogP contribution in [-0.4, -0.2) is 9.97 Å². The van der Waals surface area contributed by atoms with E-state index in [9.17, 15) is 0 Å². The number of benzene rings is 1. The Morgan fingerprint density at radius 1 is 1.19 bits per heavy atom. The molecule has 1 heterocycles. The molecule has 0 fully saturated rings. The van der Waals surface area contributed by atoms with Crippen LogP contribution in [0, 0.1) is 0 Å². The van der Waals surface area contributed by atoms with Gasteiger partial charge in [0, 0.05) is 10.5 Å². The van der Waals surface area contributed by atoms with Crippen LogP contribution in [0.15, 0.2) is 34.8 Å². The molecule has 2 N–H and O–H groups in total. The molecule has 0 saturated carbocycles. The van der Waals surface area contributed by atoms with Gasteiger partial charge in [-0.05, 0) is 24.3 Å². The zero-order valence-corrected chi connectivity index (χ0v) is 10.4. The van der Waals surface area contributed by atoms with Crippen molar-refractivity contribution in [1.82, 2.24) is 9.97 Å². The number of aromatic nitrogens is 2. The van der Waals surface area contributed by atoms with Crippen molar-refractivity contribution in [2.24, 2.45) is 0 Å². The standard InChI is InChI=1S/C10H7BrClN3O/c11-6-1-3-7(4-2-6)16-9-5-8(12)14-10(13)15-9/h1-5H,(H2,13,14,15). The predicted octanol–water partition coefficient (Wildman–Crippen LogP) is 3.27. The Labute approximate surface area is 106 Å². The topological polar surface area (TPSA) is 61.0 Å². The molecule has 0 amide bonds. The third kappa shape index (κ3) is 2.84. The molecule has 4 nitrogen and oxygen atoms in total. The minimum atomic E-state index is 0.0830. The van der Waals surface area contributed by atoms with Gasteiger partial charge >= 0.3 is 0 Å². The van der Waals surface area contributed by atoms with E-state index in [0.29, 0.717) is 11.6 Å². The SMILES string of the molecule is Nc1nc(Cl)cc(Oc2ccc(Br)cc2)n1. The summed E-state index contributed by atoms with van der Waals surface area (Å²) in [5.74, 6) is 1.05. The first-order chi connectivity index (χ1) is 7.63. The van der Waals surface area contributed by atoms with Gasteiger partial charge < -0.3 is 10.5 Å². The lowest BCUT2D eigenvalue weighted by atomic mass is 10.3. The molecule has 1 aromatic carbocycles. The van der Waals surface area contributed by atoms with Crippen molar-refractivity contribution >= 4 is 33.5 Å². The number of rotatable bonds is 2. The number of ether oxygens (including phenoxy) is 1. The first-order valence-corrected chi connectivity index (χ1v) is 5.54. The van der Waals surface area contributed by atoms with Gasteiger partial charge in [0.25, 0.3) is 0 Å². The second-order valence-electron chi connectivity index (χ2n) is 2.94. The van der Waals surface area contributed by atoms with Crippen molar-refractivity contribution in [2.45, 2.75) is 0 Å². The van der Waals surface area contributed by atoms with Crippen molar-refractivity contribution in [1.29, 1.82) is 0 Å². The van der Waals surface area contributed by atoms with E-state index in [1.165, 1.54) is 6.07 Å². The average molecular weight is 301 g/mol. The van der Waals surface area contributed by atoms with Crippen LogP contribution in [-0.2, 0) is 0 Å². The van der Waals surface area contributed by atoms with Crippen LogP contribution in [0.25, 0.3) is 0 Å². The quantitative estimate of drug-likeness (QED) is 0.865. The van der Waals surface area contributed by atoms with Gasteiger partial charge in [0.15, 0.2) is 0 Å². The third-order valence-electron chi connectivity index (χ3n) is 1.72. The Morgan fingerprint density at radius 3 is 2.50 bits per heavy atom. The fourth-order valence-corrected chi connectivity index (χ4v) is 1.53. The molecule has 0 aliphatic carbocycles. The Balaban J connectivity index is 2.23. The van der Waals surface area contributed by atoms with Crippen LogP contribution in [0.1, 0.15) is 0 Å². The fraction of sp³-hybridized carbons (Fsp3) is 0. The van der Waals surface area contributed by atoms with Crippen molar-refractivity contribution in [3.63, 3.8) is 0 Å². The van der Waals surface area contributed by atoms with E-state index in [4.69, 9.17) is 22.1 Å². The van der Waals surface area contributed by atoms with Gasteiger partial charge in [-0.25, -0.2) is 4.98 Å². The minimum Gasteiger partial charge on any atom is -0.439 e. The van der Waals surface area contributed by atoms with Crippen LogP contribution in [0.4, 0.5) is 5.95 Å². The zero-order valence-electron chi connectivity index (χ0n) is 8.02. The first kappa shape index (κ1) is 11.2. The molecule has 6 heteroatoms. The van der Waals surface area contributed by atoms with Crippen LogP contribution in [0.3, 0.4) is 0 Å². The highest BCUT2D eigenvalue weighted by Gasteiger charge is 2.02. The van der Waals surface area contributed by atoms with Gasteiger partial charge in [0.1, 0.15) is 10.9 Å². The maximum Gasteiger partial charge on any atom is 0.225 e. The summed E-state index contributed by atoms with van der Waals surface area (Å²) in [6, 6.07) is 8.83. The fourth-order valence-electron chi connectivity index (χ4n) is 1.09. The van der Waals surface area contributed by atoms with E-state index in [1.54, 1.807) is 12.1 Å². The molecule has 82 valence electrons. The maximum absolute atomic E-state index is 5.72. The van der Waals surface area contributed by atoms with Crippen molar-refractivity contribution < 1.29 is 4.74 Å². The molecule has 16 heavy (non-hydrogen) atoms. The number of nitrogen functional groups attached to an aromatic ring is 1. The van der Waals surface area contributed by atoms with E-state index in [1.807, 2.05) is 12.1 Å². The summed E-state index contributed by atoms with van der Waals surface area (Å²) in [5, 5.41) is 0.250. The van der Waals surface area contributed by atoms with Crippen molar-refractivity contribution in [2.75, 3.05) is 5.73 Å². The summed E-state index contributed by atoms with van der Waals surface area (Å²) in [7, 11) is 0. The highest BCUT2D eigenvalue weighted by atomic mass is 79.9. The first-order valence-electron chi connectivity index (χ1n) is 4.37. The smallest absolute Gasteiger partial charge is 0.225 e. The van der Waals surface area contributed by atoms with Crippen LogP contribution in [0.2, 0.25) is 5.15 Å². The lowest BCUT2D eigenvalue weighted by Crippen LogP contribution is -1.97. The van der Waals surface area contributed by atoms with Gasteiger partial charge in [-0.3, -0.25) is 0 Å². The molecule has 0 unspecified atom stereocenters. The second kappa shape index (κ2) is 4.67. The van der Waals surface area contributed by atoms with E-state index < -0.39 is 0 Å². The maximum atomic E-state index is 5.72. The number of nitrogens with zero attached hydrogens (tertiary/aromatic N) is 2. The van der Waals surface area contributed by atoms with E-state index in [0.717, 1.165) is 4.47 Å². The Morgan fingerprint density at radius 2 is 1.88 bits per heavy atom. The number of anilines is 1. The molecule has 0 saturated heterocycles. The number of halogens is 2. The lowest BCUT2D eigenvalue weighted by molar-refractivity contribution is 0.462. The largest absolute Gasteiger partial charge is 0.439 e.